The molecule has 0 saturated carbocycles. The molecule has 0 radical (unpaired) electrons. The lowest BCUT2D eigenvalue weighted by Crippen LogP contribution is -2.41. The van der Waals surface area contributed by atoms with E-state index in [1.165, 1.54) is 18.2 Å². The van der Waals surface area contributed by atoms with Crippen LogP contribution < -0.4 is 10.6 Å². The summed E-state index contributed by atoms with van der Waals surface area (Å²) in [6.07, 6.45) is 0. The molecule has 6 nitrogen and oxygen atoms in total. The summed E-state index contributed by atoms with van der Waals surface area (Å²) < 4.78 is 0.478. The molecule has 0 atom stereocenters. The normalized spacial score (nSPS) is 11.2. The number of non-ortho nitro benzene ring substituents is 1. The topological polar surface area (TPSA) is 84.3 Å². The highest BCUT2D eigenvalue weighted by Gasteiger charge is 2.13. The number of amides is 1. The fourth-order valence-electron chi connectivity index (χ4n) is 1.26. The Hall–Kier alpha value is -1.47. The minimum absolute atomic E-state index is 0.0299. The summed E-state index contributed by atoms with van der Waals surface area (Å²) >= 11 is 3.19. The van der Waals surface area contributed by atoms with Gasteiger partial charge < -0.3 is 10.6 Å². The molecule has 0 aliphatic rings. The molecule has 0 unspecified atom stereocenters. The number of rotatable bonds is 4. The van der Waals surface area contributed by atoms with Crippen molar-refractivity contribution in [1.82, 2.24) is 5.32 Å². The van der Waals surface area contributed by atoms with Gasteiger partial charge in [0.2, 0.25) is 5.91 Å². The largest absolute Gasteiger partial charge is 0.324 e. The second-order valence-corrected chi connectivity index (χ2v) is 5.93. The Morgan fingerprint density at radius 3 is 2.53 bits per heavy atom. The quantitative estimate of drug-likeness (QED) is 0.657. The number of carbonyl (C=O) groups is 1. The number of halogens is 1. The Bertz CT molecular complexity index is 497. The summed E-state index contributed by atoms with van der Waals surface area (Å²) in [5.41, 5.74) is 0.327. The van der Waals surface area contributed by atoms with Crippen LogP contribution in [-0.4, -0.2) is 22.9 Å². The van der Waals surface area contributed by atoms with E-state index in [1.54, 1.807) is 0 Å². The highest BCUT2D eigenvalue weighted by atomic mass is 79.9. The van der Waals surface area contributed by atoms with Crippen LogP contribution in [0.2, 0.25) is 0 Å². The monoisotopic (exact) mass is 329 g/mol. The van der Waals surface area contributed by atoms with Crippen LogP contribution in [0, 0.1) is 10.1 Å². The number of anilines is 1. The first-order valence-corrected chi connectivity index (χ1v) is 6.47. The lowest BCUT2D eigenvalue weighted by atomic mass is 10.1. The number of nitrogens with one attached hydrogen (secondary N) is 2. The van der Waals surface area contributed by atoms with E-state index in [4.69, 9.17) is 0 Å². The van der Waals surface area contributed by atoms with Crippen LogP contribution in [0.15, 0.2) is 22.7 Å². The molecule has 1 aromatic carbocycles. The zero-order valence-electron chi connectivity index (χ0n) is 11.0. The standard InChI is InChI=1S/C12H16BrN3O3/c1-12(2,3)14-7-11(17)15-10-5-4-8(16(18)19)6-9(10)13/h4-6,14H,7H2,1-3H3,(H,15,17). The van der Waals surface area contributed by atoms with Crippen molar-refractivity contribution >= 4 is 33.2 Å². The van der Waals surface area contributed by atoms with Crippen molar-refractivity contribution in [3.05, 3.63) is 32.8 Å². The first kappa shape index (κ1) is 15.6. The Kier molecular flexibility index (Phi) is 5.02. The minimum Gasteiger partial charge on any atom is -0.324 e. The summed E-state index contributed by atoms with van der Waals surface area (Å²) in [5.74, 6) is -0.204. The lowest BCUT2D eigenvalue weighted by Gasteiger charge is -2.20. The summed E-state index contributed by atoms with van der Waals surface area (Å²) in [7, 11) is 0. The van der Waals surface area contributed by atoms with E-state index in [9.17, 15) is 14.9 Å². The highest BCUT2D eigenvalue weighted by Crippen LogP contribution is 2.26. The number of hydrogen-bond acceptors (Lipinski definition) is 4. The van der Waals surface area contributed by atoms with Crippen molar-refractivity contribution in [3.63, 3.8) is 0 Å². The predicted octanol–water partition coefficient (Wildman–Crippen LogP) is 2.68. The molecule has 1 aromatic rings. The molecular weight excluding hydrogens is 314 g/mol. The Morgan fingerprint density at radius 2 is 2.05 bits per heavy atom. The van der Waals surface area contributed by atoms with Crippen LogP contribution in [-0.2, 0) is 4.79 Å². The molecule has 19 heavy (non-hydrogen) atoms. The maximum absolute atomic E-state index is 11.7. The smallest absolute Gasteiger partial charge is 0.270 e. The Morgan fingerprint density at radius 1 is 1.42 bits per heavy atom. The van der Waals surface area contributed by atoms with Gasteiger partial charge in [-0.05, 0) is 42.8 Å². The molecule has 104 valence electrons. The van der Waals surface area contributed by atoms with Crippen molar-refractivity contribution in [1.29, 1.82) is 0 Å². The van der Waals surface area contributed by atoms with Gasteiger partial charge in [0.1, 0.15) is 0 Å². The molecule has 1 rings (SSSR count). The van der Waals surface area contributed by atoms with E-state index < -0.39 is 4.92 Å². The van der Waals surface area contributed by atoms with Gasteiger partial charge in [-0.1, -0.05) is 0 Å². The van der Waals surface area contributed by atoms with E-state index in [0.717, 1.165) is 0 Å². The van der Waals surface area contributed by atoms with E-state index in [2.05, 4.69) is 26.6 Å². The number of nitro groups is 1. The molecule has 0 aromatic heterocycles. The van der Waals surface area contributed by atoms with Gasteiger partial charge in [-0.25, -0.2) is 0 Å². The third kappa shape index (κ3) is 5.35. The molecule has 0 aliphatic carbocycles. The number of nitro benzene ring substituents is 1. The fraction of sp³-hybridized carbons (Fsp3) is 0.417. The van der Waals surface area contributed by atoms with Crippen LogP contribution in [0.1, 0.15) is 20.8 Å². The van der Waals surface area contributed by atoms with Crippen molar-refractivity contribution in [2.45, 2.75) is 26.3 Å². The summed E-state index contributed by atoms with van der Waals surface area (Å²) in [4.78, 5) is 21.8. The predicted molar refractivity (Wildman–Crippen MR) is 77.2 cm³/mol. The average molecular weight is 330 g/mol. The zero-order valence-corrected chi connectivity index (χ0v) is 12.6. The van der Waals surface area contributed by atoms with Crippen LogP contribution in [0.25, 0.3) is 0 Å². The van der Waals surface area contributed by atoms with Crippen molar-refractivity contribution in [2.24, 2.45) is 0 Å². The molecule has 0 heterocycles. The van der Waals surface area contributed by atoms with Crippen molar-refractivity contribution in [3.8, 4) is 0 Å². The minimum atomic E-state index is -0.489. The van der Waals surface area contributed by atoms with E-state index in [0.29, 0.717) is 10.2 Å². The van der Waals surface area contributed by atoms with Gasteiger partial charge in [-0.2, -0.15) is 0 Å². The van der Waals surface area contributed by atoms with Crippen LogP contribution in [0.4, 0.5) is 11.4 Å². The third-order valence-electron chi connectivity index (χ3n) is 2.22. The molecule has 0 saturated heterocycles. The molecule has 1 amide bonds. The van der Waals surface area contributed by atoms with Gasteiger partial charge >= 0.3 is 0 Å². The van der Waals surface area contributed by atoms with Crippen molar-refractivity contribution in [2.75, 3.05) is 11.9 Å². The molecular formula is C12H16BrN3O3. The second kappa shape index (κ2) is 6.12. The lowest BCUT2D eigenvalue weighted by molar-refractivity contribution is -0.384. The SMILES string of the molecule is CC(C)(C)NCC(=O)Nc1ccc([N+](=O)[O-])cc1Br. The number of benzene rings is 1. The van der Waals surface area contributed by atoms with E-state index in [1.807, 2.05) is 20.8 Å². The van der Waals surface area contributed by atoms with Gasteiger partial charge in [0.05, 0.1) is 17.2 Å². The first-order chi connectivity index (χ1) is 8.69. The van der Waals surface area contributed by atoms with Gasteiger partial charge in [0, 0.05) is 22.1 Å². The van der Waals surface area contributed by atoms with Crippen LogP contribution >= 0.6 is 15.9 Å². The maximum Gasteiger partial charge on any atom is 0.270 e. The highest BCUT2D eigenvalue weighted by molar-refractivity contribution is 9.10. The summed E-state index contributed by atoms with van der Waals surface area (Å²) in [5, 5.41) is 16.3. The van der Waals surface area contributed by atoms with Gasteiger partial charge in [-0.15, -0.1) is 0 Å². The van der Waals surface area contributed by atoms with Gasteiger partial charge in [0.25, 0.3) is 5.69 Å². The molecule has 0 spiro atoms. The third-order valence-corrected chi connectivity index (χ3v) is 2.87. The zero-order chi connectivity index (χ0) is 14.6. The van der Waals surface area contributed by atoms with Crippen LogP contribution in [0.5, 0.6) is 0 Å². The molecule has 2 N–H and O–H groups in total. The van der Waals surface area contributed by atoms with Crippen LogP contribution in [0.3, 0.4) is 0 Å². The summed E-state index contributed by atoms with van der Waals surface area (Å²) in [6.45, 7) is 6.05. The van der Waals surface area contributed by atoms with E-state index in [-0.39, 0.29) is 23.7 Å². The molecule has 7 heteroatoms. The van der Waals surface area contributed by atoms with Gasteiger partial charge in [0.15, 0.2) is 0 Å². The summed E-state index contributed by atoms with van der Waals surface area (Å²) in [6, 6.07) is 4.20. The van der Waals surface area contributed by atoms with E-state index >= 15 is 0 Å². The number of nitrogens with zero attached hydrogens (tertiary/aromatic N) is 1. The fourth-order valence-corrected chi connectivity index (χ4v) is 1.72. The molecule has 0 fully saturated rings. The first-order valence-electron chi connectivity index (χ1n) is 5.68. The molecule has 0 aliphatic heterocycles. The number of carbonyl (C=O) groups excluding carboxylic acids is 1. The van der Waals surface area contributed by atoms with Gasteiger partial charge in [-0.3, -0.25) is 14.9 Å². The Labute approximate surface area is 119 Å². The Balaban J connectivity index is 2.67. The average Bonchev–Trinajstić information content (AvgIpc) is 2.28. The molecule has 0 bridgehead atoms. The maximum atomic E-state index is 11.7. The second-order valence-electron chi connectivity index (χ2n) is 5.07. The van der Waals surface area contributed by atoms with Crippen molar-refractivity contribution < 1.29 is 9.72 Å². The number of hydrogen-bond donors (Lipinski definition) is 2.